The second-order valence-corrected chi connectivity index (χ2v) is 8.93. The van der Waals surface area contributed by atoms with E-state index in [1.807, 2.05) is 0 Å². The van der Waals surface area contributed by atoms with E-state index in [9.17, 15) is 14.0 Å². The molecule has 2 aliphatic rings. The molecule has 2 N–H and O–H groups in total. The maximum atomic E-state index is 13.0. The molecule has 1 aromatic carbocycles. The van der Waals surface area contributed by atoms with Gasteiger partial charge in [-0.15, -0.1) is 10.2 Å². The minimum absolute atomic E-state index is 0.157. The Kier molecular flexibility index (Phi) is 6.96. The average molecular weight is 448 g/mol. The summed E-state index contributed by atoms with van der Waals surface area (Å²) in [5, 5.41) is 14.8. The molecule has 0 bridgehead atoms. The van der Waals surface area contributed by atoms with Gasteiger partial charge in [-0.3, -0.25) is 10.1 Å². The summed E-state index contributed by atoms with van der Waals surface area (Å²) in [5.41, 5.74) is 0. The van der Waals surface area contributed by atoms with Crippen molar-refractivity contribution in [3.05, 3.63) is 35.1 Å². The van der Waals surface area contributed by atoms with E-state index in [-0.39, 0.29) is 30.4 Å². The van der Waals surface area contributed by atoms with Gasteiger partial charge in [0.25, 0.3) is 0 Å². The summed E-state index contributed by atoms with van der Waals surface area (Å²) in [6.07, 6.45) is 6.93. The van der Waals surface area contributed by atoms with Crippen molar-refractivity contribution in [1.29, 1.82) is 0 Å². The van der Waals surface area contributed by atoms with Crippen LogP contribution in [0.15, 0.2) is 24.3 Å². The van der Waals surface area contributed by atoms with Crippen LogP contribution < -0.4 is 15.4 Å². The average Bonchev–Trinajstić information content (AvgIpc) is 3.44. The quantitative estimate of drug-likeness (QED) is 0.704. The summed E-state index contributed by atoms with van der Waals surface area (Å²) in [4.78, 5) is 27.1. The van der Waals surface area contributed by atoms with Crippen molar-refractivity contribution in [3.63, 3.8) is 0 Å². The zero-order chi connectivity index (χ0) is 21.6. The zero-order valence-electron chi connectivity index (χ0n) is 17.2. The summed E-state index contributed by atoms with van der Waals surface area (Å²) in [6.45, 7) is 0.738. The molecule has 1 saturated heterocycles. The van der Waals surface area contributed by atoms with Crippen LogP contribution in [0.1, 0.15) is 50.0 Å². The van der Waals surface area contributed by atoms with Crippen molar-refractivity contribution in [2.24, 2.45) is 0 Å². The predicted octanol–water partition coefficient (Wildman–Crippen LogP) is 3.70. The number of rotatable bonds is 6. The van der Waals surface area contributed by atoms with Crippen LogP contribution in [-0.4, -0.2) is 45.7 Å². The van der Waals surface area contributed by atoms with E-state index < -0.39 is 6.04 Å². The second kappa shape index (κ2) is 10.0. The molecular weight excluding hydrogens is 421 g/mol. The molecule has 2 fully saturated rings. The van der Waals surface area contributed by atoms with Gasteiger partial charge < -0.3 is 15.0 Å². The fraction of sp³-hybridized carbons (Fsp3) is 0.524. The van der Waals surface area contributed by atoms with Crippen LogP contribution in [0.3, 0.4) is 0 Å². The number of aromatic nitrogens is 2. The monoisotopic (exact) mass is 447 g/mol. The number of nitrogens with zero attached hydrogens (tertiary/aromatic N) is 3. The third-order valence-electron chi connectivity index (χ3n) is 5.62. The summed E-state index contributed by atoms with van der Waals surface area (Å²) in [5.74, 6) is -0.0622. The molecule has 31 heavy (non-hydrogen) atoms. The van der Waals surface area contributed by atoms with Crippen molar-refractivity contribution in [2.75, 3.05) is 11.9 Å². The maximum Gasteiger partial charge on any atom is 0.318 e. The lowest BCUT2D eigenvalue weighted by Crippen LogP contribution is -2.50. The Morgan fingerprint density at radius 3 is 2.65 bits per heavy atom. The molecule has 8 nitrogen and oxygen atoms in total. The van der Waals surface area contributed by atoms with E-state index in [1.54, 1.807) is 4.90 Å². The van der Waals surface area contributed by atoms with E-state index >= 15 is 0 Å². The lowest BCUT2D eigenvalue weighted by atomic mass is 9.96. The van der Waals surface area contributed by atoms with E-state index in [4.69, 9.17) is 4.74 Å². The number of nitrogens with one attached hydrogen (secondary N) is 2. The number of carbonyl (C=O) groups excluding carboxylic acids is 2. The molecule has 0 radical (unpaired) electrons. The van der Waals surface area contributed by atoms with E-state index in [2.05, 4.69) is 20.8 Å². The first-order chi connectivity index (χ1) is 15.1. The predicted molar refractivity (Wildman–Crippen MR) is 114 cm³/mol. The molecule has 1 saturated carbocycles. The van der Waals surface area contributed by atoms with Gasteiger partial charge in [0.1, 0.15) is 24.2 Å². The summed E-state index contributed by atoms with van der Waals surface area (Å²) in [6, 6.07) is 5.25. The van der Waals surface area contributed by atoms with Crippen LogP contribution in [0.4, 0.5) is 14.3 Å². The Morgan fingerprint density at radius 2 is 1.87 bits per heavy atom. The molecule has 4 rings (SSSR count). The smallest absolute Gasteiger partial charge is 0.318 e. The van der Waals surface area contributed by atoms with Crippen LogP contribution in [0.5, 0.6) is 5.75 Å². The SMILES string of the molecule is O=C(Nc1nnc(COc2ccc(F)cc2)s1)C1CCCN1C(=O)NC1CCCCC1. The van der Waals surface area contributed by atoms with Gasteiger partial charge in [-0.05, 0) is 49.9 Å². The van der Waals surface area contributed by atoms with Crippen molar-refractivity contribution < 1.29 is 18.7 Å². The first-order valence-corrected chi connectivity index (χ1v) is 11.5. The first-order valence-electron chi connectivity index (χ1n) is 10.7. The molecule has 1 aliphatic heterocycles. The molecular formula is C21H26FN5O3S. The topological polar surface area (TPSA) is 96.4 Å². The fourth-order valence-electron chi connectivity index (χ4n) is 4.01. The standard InChI is InChI=1S/C21H26FN5O3S/c22-14-8-10-16(11-9-14)30-13-18-25-26-20(31-18)24-19(28)17-7-4-12-27(17)21(29)23-15-5-2-1-3-6-15/h8-11,15,17H,1-7,12-13H2,(H,23,29)(H,24,26,28). The van der Waals surface area contributed by atoms with Gasteiger partial charge in [0, 0.05) is 12.6 Å². The maximum absolute atomic E-state index is 13.0. The summed E-state index contributed by atoms with van der Waals surface area (Å²) in [7, 11) is 0. The number of carbonyl (C=O) groups is 2. The fourth-order valence-corrected chi connectivity index (χ4v) is 4.67. The Bertz CT molecular complexity index is 901. The largest absolute Gasteiger partial charge is 0.486 e. The highest BCUT2D eigenvalue weighted by Gasteiger charge is 2.35. The van der Waals surface area contributed by atoms with Crippen LogP contribution in [0.25, 0.3) is 0 Å². The number of hydrogen-bond acceptors (Lipinski definition) is 6. The number of anilines is 1. The molecule has 0 spiro atoms. The zero-order valence-corrected chi connectivity index (χ0v) is 18.0. The number of urea groups is 1. The number of hydrogen-bond donors (Lipinski definition) is 2. The van der Waals surface area contributed by atoms with E-state index in [1.165, 1.54) is 42.0 Å². The van der Waals surface area contributed by atoms with Gasteiger partial charge in [0.15, 0.2) is 5.01 Å². The van der Waals surface area contributed by atoms with E-state index in [0.717, 1.165) is 32.1 Å². The van der Waals surface area contributed by atoms with Gasteiger partial charge in [-0.25, -0.2) is 9.18 Å². The highest BCUT2D eigenvalue weighted by atomic mass is 32.1. The van der Waals surface area contributed by atoms with Crippen LogP contribution >= 0.6 is 11.3 Å². The number of halogens is 1. The van der Waals surface area contributed by atoms with Crippen molar-refractivity contribution in [3.8, 4) is 5.75 Å². The number of ether oxygens (including phenoxy) is 1. The highest BCUT2D eigenvalue weighted by molar-refractivity contribution is 7.15. The number of benzene rings is 1. The molecule has 166 valence electrons. The van der Waals surface area contributed by atoms with Crippen LogP contribution in [0.2, 0.25) is 0 Å². The molecule has 1 aromatic heterocycles. The van der Waals surface area contributed by atoms with Crippen LogP contribution in [-0.2, 0) is 11.4 Å². The molecule has 2 aromatic rings. The summed E-state index contributed by atoms with van der Waals surface area (Å²) < 4.78 is 18.5. The minimum atomic E-state index is -0.508. The number of likely N-dealkylation sites (tertiary alicyclic amines) is 1. The minimum Gasteiger partial charge on any atom is -0.486 e. The van der Waals surface area contributed by atoms with Gasteiger partial charge in [-0.1, -0.05) is 30.6 Å². The summed E-state index contributed by atoms with van der Waals surface area (Å²) >= 11 is 1.21. The molecule has 1 unspecified atom stereocenters. The van der Waals surface area contributed by atoms with Crippen molar-refractivity contribution >= 4 is 28.4 Å². The molecule has 2 heterocycles. The highest BCUT2D eigenvalue weighted by Crippen LogP contribution is 2.23. The Labute approximate surface area is 184 Å². The molecule has 1 atom stereocenters. The normalized spacial score (nSPS) is 19.3. The lowest BCUT2D eigenvalue weighted by molar-refractivity contribution is -0.119. The third-order valence-corrected chi connectivity index (χ3v) is 6.43. The van der Waals surface area contributed by atoms with Crippen molar-refractivity contribution in [2.45, 2.75) is 63.6 Å². The van der Waals surface area contributed by atoms with Gasteiger partial charge in [0.05, 0.1) is 0 Å². The van der Waals surface area contributed by atoms with E-state index in [0.29, 0.717) is 28.9 Å². The second-order valence-electron chi connectivity index (χ2n) is 7.87. The van der Waals surface area contributed by atoms with Gasteiger partial charge >= 0.3 is 6.03 Å². The first kappa shape index (κ1) is 21.5. The molecule has 1 aliphatic carbocycles. The number of amides is 3. The van der Waals surface area contributed by atoms with Gasteiger partial charge in [-0.2, -0.15) is 0 Å². The van der Waals surface area contributed by atoms with Gasteiger partial charge in [0.2, 0.25) is 11.0 Å². The Balaban J connectivity index is 1.29. The Morgan fingerprint density at radius 1 is 1.10 bits per heavy atom. The van der Waals surface area contributed by atoms with Crippen molar-refractivity contribution in [1.82, 2.24) is 20.4 Å². The third kappa shape index (κ3) is 5.69. The lowest BCUT2D eigenvalue weighted by Gasteiger charge is -2.28. The van der Waals surface area contributed by atoms with Crippen LogP contribution in [0, 0.1) is 5.82 Å². The molecule has 10 heteroatoms. The molecule has 3 amide bonds. The Hall–Kier alpha value is -2.75.